The van der Waals surface area contributed by atoms with Gasteiger partial charge in [0.05, 0.1) is 0 Å². The highest BCUT2D eigenvalue weighted by atomic mass is 16.1. The van der Waals surface area contributed by atoms with Crippen molar-refractivity contribution in [2.75, 3.05) is 13.1 Å². The van der Waals surface area contributed by atoms with E-state index in [0.717, 1.165) is 25.0 Å². The Bertz CT molecular complexity index is 621. The Morgan fingerprint density at radius 1 is 1.40 bits per heavy atom. The third-order valence-electron chi connectivity index (χ3n) is 3.86. The quantitative estimate of drug-likeness (QED) is 0.880. The van der Waals surface area contributed by atoms with Gasteiger partial charge < -0.3 is 5.32 Å². The predicted octanol–water partition coefficient (Wildman–Crippen LogP) is 1.17. The van der Waals surface area contributed by atoms with Crippen molar-refractivity contribution in [3.63, 3.8) is 0 Å². The minimum absolute atomic E-state index is 0.0366. The molecule has 106 valence electrons. The summed E-state index contributed by atoms with van der Waals surface area (Å²) in [6.45, 7) is 6.34. The van der Waals surface area contributed by atoms with Gasteiger partial charge in [-0.2, -0.15) is 15.4 Å². The summed E-state index contributed by atoms with van der Waals surface area (Å²) < 4.78 is 0. The fourth-order valence-corrected chi connectivity index (χ4v) is 2.62. The first kappa shape index (κ1) is 13.1. The number of benzene rings is 1. The number of aromatic amines is 1. The van der Waals surface area contributed by atoms with Crippen molar-refractivity contribution in [1.82, 2.24) is 25.6 Å². The number of rotatable bonds is 3. The second-order valence-corrected chi connectivity index (χ2v) is 5.57. The zero-order chi connectivity index (χ0) is 14.1. The first-order valence-corrected chi connectivity index (χ1v) is 6.99. The molecule has 1 aromatic carbocycles. The number of aromatic nitrogens is 3. The molecule has 2 N–H and O–H groups in total. The monoisotopic (exact) mass is 273 g/mol. The molecule has 1 unspecified atom stereocenters. The summed E-state index contributed by atoms with van der Waals surface area (Å²) in [6, 6.07) is 6.13. The van der Waals surface area contributed by atoms with Crippen LogP contribution in [0.4, 0.5) is 0 Å². The van der Waals surface area contributed by atoms with Gasteiger partial charge in [-0.1, -0.05) is 0 Å². The zero-order valence-electron chi connectivity index (χ0n) is 11.8. The maximum Gasteiger partial charge on any atom is 0.251 e. The first-order chi connectivity index (χ1) is 9.63. The molecule has 0 radical (unpaired) electrons. The van der Waals surface area contributed by atoms with Crippen LogP contribution in [0.15, 0.2) is 18.2 Å². The van der Waals surface area contributed by atoms with Crippen LogP contribution in [0.2, 0.25) is 0 Å². The molecule has 3 rings (SSSR count). The van der Waals surface area contributed by atoms with E-state index in [0.29, 0.717) is 17.1 Å². The Morgan fingerprint density at radius 2 is 2.20 bits per heavy atom. The van der Waals surface area contributed by atoms with Crippen molar-refractivity contribution in [2.24, 2.45) is 0 Å². The van der Waals surface area contributed by atoms with Crippen molar-refractivity contribution in [3.05, 3.63) is 23.8 Å². The lowest BCUT2D eigenvalue weighted by Gasteiger charge is -2.20. The van der Waals surface area contributed by atoms with Crippen LogP contribution in [0.1, 0.15) is 30.6 Å². The Labute approximate surface area is 117 Å². The van der Waals surface area contributed by atoms with Crippen molar-refractivity contribution in [2.45, 2.75) is 32.4 Å². The molecule has 1 aromatic heterocycles. The lowest BCUT2D eigenvalue weighted by molar-refractivity contribution is 0.0937. The molecule has 20 heavy (non-hydrogen) atoms. The van der Waals surface area contributed by atoms with Crippen LogP contribution in [0.3, 0.4) is 0 Å². The van der Waals surface area contributed by atoms with E-state index >= 15 is 0 Å². The number of nitrogens with one attached hydrogen (secondary N) is 2. The number of hydrogen-bond acceptors (Lipinski definition) is 4. The third-order valence-corrected chi connectivity index (χ3v) is 3.86. The SMILES string of the molecule is CC(C)N1CCC(NC(=O)c2ccc3n[nH]nc3c2)C1. The van der Waals surface area contributed by atoms with Gasteiger partial charge in [0.25, 0.3) is 5.91 Å². The lowest BCUT2D eigenvalue weighted by atomic mass is 10.1. The molecule has 0 spiro atoms. The van der Waals surface area contributed by atoms with Crippen molar-refractivity contribution in [1.29, 1.82) is 0 Å². The van der Waals surface area contributed by atoms with Crippen LogP contribution >= 0.6 is 0 Å². The van der Waals surface area contributed by atoms with Crippen molar-refractivity contribution < 1.29 is 4.79 Å². The molecule has 6 heteroatoms. The number of likely N-dealkylation sites (tertiary alicyclic amines) is 1. The largest absolute Gasteiger partial charge is 0.348 e. The highest BCUT2D eigenvalue weighted by Crippen LogP contribution is 2.14. The average Bonchev–Trinajstić information content (AvgIpc) is 3.05. The summed E-state index contributed by atoms with van der Waals surface area (Å²) in [4.78, 5) is 14.6. The summed E-state index contributed by atoms with van der Waals surface area (Å²) in [5.74, 6) is -0.0366. The minimum atomic E-state index is -0.0366. The van der Waals surface area contributed by atoms with Crippen molar-refractivity contribution >= 4 is 16.9 Å². The number of hydrogen-bond donors (Lipinski definition) is 2. The van der Waals surface area contributed by atoms with Gasteiger partial charge in [0, 0.05) is 30.7 Å². The average molecular weight is 273 g/mol. The number of amides is 1. The zero-order valence-corrected chi connectivity index (χ0v) is 11.8. The van der Waals surface area contributed by atoms with Gasteiger partial charge in [-0.3, -0.25) is 9.69 Å². The van der Waals surface area contributed by atoms with E-state index in [-0.39, 0.29) is 11.9 Å². The van der Waals surface area contributed by atoms with Crippen molar-refractivity contribution in [3.8, 4) is 0 Å². The number of H-pyrrole nitrogens is 1. The Morgan fingerprint density at radius 3 is 2.95 bits per heavy atom. The number of carbonyl (C=O) groups is 1. The van der Waals surface area contributed by atoms with Gasteiger partial charge in [0.15, 0.2) is 0 Å². The van der Waals surface area contributed by atoms with E-state index in [1.54, 1.807) is 12.1 Å². The van der Waals surface area contributed by atoms with Gasteiger partial charge in [0.2, 0.25) is 0 Å². The molecule has 2 heterocycles. The second-order valence-electron chi connectivity index (χ2n) is 5.57. The molecule has 1 amide bonds. The minimum Gasteiger partial charge on any atom is -0.348 e. The molecule has 2 aromatic rings. The van der Waals surface area contributed by atoms with Gasteiger partial charge in [-0.05, 0) is 38.5 Å². The fraction of sp³-hybridized carbons (Fsp3) is 0.500. The number of nitrogens with zero attached hydrogens (tertiary/aromatic N) is 3. The summed E-state index contributed by atoms with van der Waals surface area (Å²) in [7, 11) is 0. The lowest BCUT2D eigenvalue weighted by Crippen LogP contribution is -2.38. The third kappa shape index (κ3) is 2.51. The summed E-state index contributed by atoms with van der Waals surface area (Å²) >= 11 is 0. The normalized spacial score (nSPS) is 19.9. The molecule has 1 fully saturated rings. The molecule has 0 aliphatic carbocycles. The molecule has 0 bridgehead atoms. The maximum absolute atomic E-state index is 12.3. The Kier molecular flexibility index (Phi) is 3.40. The van der Waals surface area contributed by atoms with E-state index in [9.17, 15) is 4.79 Å². The first-order valence-electron chi connectivity index (χ1n) is 6.99. The smallest absolute Gasteiger partial charge is 0.251 e. The fourth-order valence-electron chi connectivity index (χ4n) is 2.62. The summed E-state index contributed by atoms with van der Waals surface area (Å²) in [5.41, 5.74) is 2.12. The Hall–Kier alpha value is -1.95. The topological polar surface area (TPSA) is 73.9 Å². The number of fused-ring (bicyclic) bond motifs is 1. The van der Waals surface area contributed by atoms with Gasteiger partial charge in [-0.25, -0.2) is 0 Å². The maximum atomic E-state index is 12.3. The molecule has 0 saturated carbocycles. The molecule has 1 saturated heterocycles. The number of carbonyl (C=O) groups excluding carboxylic acids is 1. The van der Waals surface area contributed by atoms with Crippen LogP contribution in [0.5, 0.6) is 0 Å². The van der Waals surface area contributed by atoms with Crippen LogP contribution in [0.25, 0.3) is 11.0 Å². The van der Waals surface area contributed by atoms with Gasteiger partial charge in [0.1, 0.15) is 11.0 Å². The van der Waals surface area contributed by atoms with Gasteiger partial charge >= 0.3 is 0 Å². The highest BCUT2D eigenvalue weighted by molar-refractivity contribution is 5.97. The van der Waals surface area contributed by atoms with Gasteiger partial charge in [-0.15, -0.1) is 0 Å². The molecular formula is C14H19N5O. The second kappa shape index (κ2) is 5.20. The van der Waals surface area contributed by atoms with E-state index < -0.39 is 0 Å². The summed E-state index contributed by atoms with van der Waals surface area (Å²) in [6.07, 6.45) is 1.01. The standard InChI is InChI=1S/C14H19N5O/c1-9(2)19-6-5-11(8-19)15-14(20)10-3-4-12-13(7-10)17-18-16-12/h3-4,7,9,11H,5-6,8H2,1-2H3,(H,15,20)(H,16,17,18). The predicted molar refractivity (Wildman–Crippen MR) is 76.5 cm³/mol. The van der Waals surface area contributed by atoms with E-state index in [2.05, 4.69) is 39.5 Å². The highest BCUT2D eigenvalue weighted by Gasteiger charge is 2.25. The molecule has 6 nitrogen and oxygen atoms in total. The molecule has 1 aliphatic heterocycles. The van der Waals surface area contributed by atoms with Crippen LogP contribution in [-0.2, 0) is 0 Å². The van der Waals surface area contributed by atoms with Crippen LogP contribution < -0.4 is 5.32 Å². The summed E-state index contributed by atoms with van der Waals surface area (Å²) in [5, 5.41) is 13.6. The molecule has 1 atom stereocenters. The van der Waals surface area contributed by atoms with E-state index in [4.69, 9.17) is 0 Å². The van der Waals surface area contributed by atoms with Crippen LogP contribution in [-0.4, -0.2) is 51.4 Å². The molecular weight excluding hydrogens is 254 g/mol. The van der Waals surface area contributed by atoms with E-state index in [1.807, 2.05) is 6.07 Å². The molecule has 1 aliphatic rings. The Balaban J connectivity index is 1.67. The van der Waals surface area contributed by atoms with Crippen LogP contribution in [0, 0.1) is 0 Å². The van der Waals surface area contributed by atoms with E-state index in [1.165, 1.54) is 0 Å².